The highest BCUT2D eigenvalue weighted by atomic mass is 15.1. The maximum absolute atomic E-state index is 4.18. The van der Waals surface area contributed by atoms with Crippen molar-refractivity contribution in [2.24, 2.45) is 5.92 Å². The van der Waals surface area contributed by atoms with E-state index in [9.17, 15) is 0 Å². The molecule has 0 aromatic carbocycles. The van der Waals surface area contributed by atoms with Crippen molar-refractivity contribution < 1.29 is 0 Å². The van der Waals surface area contributed by atoms with Crippen LogP contribution in [0.3, 0.4) is 0 Å². The van der Waals surface area contributed by atoms with E-state index in [1.807, 2.05) is 12.5 Å². The summed E-state index contributed by atoms with van der Waals surface area (Å²) in [7, 11) is 0. The van der Waals surface area contributed by atoms with Crippen molar-refractivity contribution in [1.29, 1.82) is 0 Å². The van der Waals surface area contributed by atoms with Gasteiger partial charge in [0.2, 0.25) is 0 Å². The van der Waals surface area contributed by atoms with Gasteiger partial charge in [-0.2, -0.15) is 0 Å². The van der Waals surface area contributed by atoms with Gasteiger partial charge in [-0.15, -0.1) is 0 Å². The summed E-state index contributed by atoms with van der Waals surface area (Å²) < 4.78 is 2.29. The third-order valence-corrected chi connectivity index (χ3v) is 3.88. The Hall–Kier alpha value is -0.830. The van der Waals surface area contributed by atoms with E-state index in [0.29, 0.717) is 12.1 Å². The van der Waals surface area contributed by atoms with Crippen LogP contribution < -0.4 is 5.32 Å². The molecule has 1 saturated carbocycles. The Kier molecular flexibility index (Phi) is 3.99. The van der Waals surface area contributed by atoms with Gasteiger partial charge in [0.25, 0.3) is 0 Å². The Morgan fingerprint density at radius 3 is 2.88 bits per heavy atom. The van der Waals surface area contributed by atoms with E-state index in [0.717, 1.165) is 12.5 Å². The minimum absolute atomic E-state index is 0.598. The van der Waals surface area contributed by atoms with Gasteiger partial charge in [0.15, 0.2) is 0 Å². The fraction of sp³-hybridized carbons (Fsp3) is 0.769. The Balaban J connectivity index is 2.08. The first-order chi connectivity index (χ1) is 7.85. The molecular weight excluding hydrogens is 198 g/mol. The van der Waals surface area contributed by atoms with Crippen molar-refractivity contribution in [3.05, 3.63) is 18.7 Å². The minimum Gasteiger partial charge on any atom is -0.333 e. The third kappa shape index (κ3) is 2.46. The molecule has 16 heavy (non-hydrogen) atoms. The van der Waals surface area contributed by atoms with Gasteiger partial charge in [-0.05, 0) is 31.7 Å². The number of nitrogens with one attached hydrogen (secondary N) is 1. The molecule has 1 aromatic heterocycles. The highest BCUT2D eigenvalue weighted by Gasteiger charge is 2.29. The maximum atomic E-state index is 4.18. The summed E-state index contributed by atoms with van der Waals surface area (Å²) in [6.07, 6.45) is 11.2. The number of hydrogen-bond acceptors (Lipinski definition) is 2. The molecule has 3 atom stereocenters. The number of imidazole rings is 1. The molecule has 0 spiro atoms. The van der Waals surface area contributed by atoms with Crippen LogP contribution in [-0.2, 0) is 0 Å². The van der Waals surface area contributed by atoms with Crippen LogP contribution in [0.1, 0.15) is 45.6 Å². The highest BCUT2D eigenvalue weighted by Crippen LogP contribution is 2.34. The molecule has 1 heterocycles. The summed E-state index contributed by atoms with van der Waals surface area (Å²) in [6, 6.07) is 1.23. The summed E-state index contributed by atoms with van der Waals surface area (Å²) >= 11 is 0. The van der Waals surface area contributed by atoms with E-state index in [2.05, 4.69) is 34.9 Å². The smallest absolute Gasteiger partial charge is 0.0949 e. The quantitative estimate of drug-likeness (QED) is 0.847. The van der Waals surface area contributed by atoms with Crippen LogP contribution in [0.15, 0.2) is 18.7 Å². The Morgan fingerprint density at radius 1 is 1.38 bits per heavy atom. The molecule has 1 aliphatic carbocycles. The van der Waals surface area contributed by atoms with Crippen LogP contribution in [0.2, 0.25) is 0 Å². The van der Waals surface area contributed by atoms with Crippen LogP contribution in [0, 0.1) is 5.92 Å². The van der Waals surface area contributed by atoms with Crippen molar-refractivity contribution >= 4 is 0 Å². The van der Waals surface area contributed by atoms with Gasteiger partial charge < -0.3 is 9.88 Å². The number of aromatic nitrogens is 2. The molecular formula is C13H23N3. The van der Waals surface area contributed by atoms with Gasteiger partial charge in [0.05, 0.1) is 12.4 Å². The van der Waals surface area contributed by atoms with Crippen LogP contribution in [0.25, 0.3) is 0 Å². The monoisotopic (exact) mass is 221 g/mol. The zero-order valence-corrected chi connectivity index (χ0v) is 10.4. The molecule has 0 saturated heterocycles. The van der Waals surface area contributed by atoms with E-state index in [-0.39, 0.29) is 0 Å². The average Bonchev–Trinajstić information content (AvgIpc) is 2.83. The van der Waals surface area contributed by atoms with Gasteiger partial charge in [-0.25, -0.2) is 4.98 Å². The fourth-order valence-corrected chi connectivity index (χ4v) is 2.90. The van der Waals surface area contributed by atoms with Gasteiger partial charge in [0.1, 0.15) is 0 Å². The van der Waals surface area contributed by atoms with E-state index < -0.39 is 0 Å². The zero-order valence-electron chi connectivity index (χ0n) is 10.4. The predicted octanol–water partition coefficient (Wildman–Crippen LogP) is 2.61. The summed E-state index contributed by atoms with van der Waals surface area (Å²) in [5, 5.41) is 3.62. The first kappa shape index (κ1) is 11.6. The molecule has 90 valence electrons. The second-order valence-corrected chi connectivity index (χ2v) is 4.83. The number of hydrogen-bond donors (Lipinski definition) is 1. The van der Waals surface area contributed by atoms with Crippen molar-refractivity contribution in [2.75, 3.05) is 6.54 Å². The summed E-state index contributed by atoms with van der Waals surface area (Å²) in [6.45, 7) is 5.56. The molecule has 2 rings (SSSR count). The average molecular weight is 221 g/mol. The molecule has 3 nitrogen and oxygen atoms in total. The second-order valence-electron chi connectivity index (χ2n) is 4.83. The van der Waals surface area contributed by atoms with Crippen LogP contribution >= 0.6 is 0 Å². The van der Waals surface area contributed by atoms with E-state index in [1.165, 1.54) is 25.7 Å². The lowest BCUT2D eigenvalue weighted by atomic mass is 9.81. The number of likely N-dealkylation sites (N-methyl/N-ethyl adjacent to an activating group) is 1. The Morgan fingerprint density at radius 2 is 2.25 bits per heavy atom. The van der Waals surface area contributed by atoms with E-state index in [4.69, 9.17) is 0 Å². The summed E-state index contributed by atoms with van der Waals surface area (Å²) in [4.78, 5) is 4.18. The first-order valence-electron chi connectivity index (χ1n) is 6.56. The van der Waals surface area contributed by atoms with Gasteiger partial charge in [-0.3, -0.25) is 0 Å². The Labute approximate surface area is 98.3 Å². The molecule has 0 amide bonds. The highest BCUT2D eigenvalue weighted by molar-refractivity contribution is 4.92. The fourth-order valence-electron chi connectivity index (χ4n) is 2.90. The van der Waals surface area contributed by atoms with Crippen molar-refractivity contribution in [3.8, 4) is 0 Å². The molecule has 1 aromatic rings. The largest absolute Gasteiger partial charge is 0.333 e. The Bertz CT molecular complexity index is 294. The predicted molar refractivity (Wildman–Crippen MR) is 66.4 cm³/mol. The maximum Gasteiger partial charge on any atom is 0.0949 e. The third-order valence-electron chi connectivity index (χ3n) is 3.88. The van der Waals surface area contributed by atoms with Crippen LogP contribution in [-0.4, -0.2) is 22.1 Å². The molecule has 0 radical (unpaired) electrons. The normalized spacial score (nSPS) is 30.5. The van der Waals surface area contributed by atoms with Crippen LogP contribution in [0.5, 0.6) is 0 Å². The van der Waals surface area contributed by atoms with Crippen LogP contribution in [0.4, 0.5) is 0 Å². The topological polar surface area (TPSA) is 29.9 Å². The van der Waals surface area contributed by atoms with Crippen molar-refractivity contribution in [2.45, 2.75) is 51.6 Å². The zero-order chi connectivity index (χ0) is 11.4. The SMILES string of the molecule is CCNC1CCC(CC)CC1n1ccnc1. The molecule has 1 N–H and O–H groups in total. The molecule has 1 fully saturated rings. The standard InChI is InChI=1S/C13H23N3/c1-3-11-5-6-12(15-4-2)13(9-11)16-8-7-14-10-16/h7-8,10-13,15H,3-6,9H2,1-2H3. The van der Waals surface area contributed by atoms with Crippen molar-refractivity contribution in [1.82, 2.24) is 14.9 Å². The first-order valence-corrected chi connectivity index (χ1v) is 6.56. The summed E-state index contributed by atoms with van der Waals surface area (Å²) in [5.41, 5.74) is 0. The lowest BCUT2D eigenvalue weighted by Crippen LogP contribution is -2.41. The summed E-state index contributed by atoms with van der Waals surface area (Å²) in [5.74, 6) is 0.891. The van der Waals surface area contributed by atoms with E-state index in [1.54, 1.807) is 0 Å². The molecule has 3 heteroatoms. The van der Waals surface area contributed by atoms with Gasteiger partial charge in [-0.1, -0.05) is 20.3 Å². The molecule has 1 aliphatic rings. The molecule has 3 unspecified atom stereocenters. The minimum atomic E-state index is 0.598. The van der Waals surface area contributed by atoms with E-state index >= 15 is 0 Å². The van der Waals surface area contributed by atoms with Gasteiger partial charge in [0, 0.05) is 18.4 Å². The second kappa shape index (κ2) is 5.48. The molecule has 0 aliphatic heterocycles. The number of rotatable bonds is 4. The van der Waals surface area contributed by atoms with Crippen molar-refractivity contribution in [3.63, 3.8) is 0 Å². The van der Waals surface area contributed by atoms with Gasteiger partial charge >= 0.3 is 0 Å². The number of nitrogens with zero attached hydrogens (tertiary/aromatic N) is 2. The lowest BCUT2D eigenvalue weighted by molar-refractivity contribution is 0.203. The molecule has 0 bridgehead atoms. The lowest BCUT2D eigenvalue weighted by Gasteiger charge is -2.37.